The number of halogens is 3. The Morgan fingerprint density at radius 2 is 2.07 bits per heavy atom. The predicted octanol–water partition coefficient (Wildman–Crippen LogP) is 2.19. The second-order valence-corrected chi connectivity index (χ2v) is 3.15. The molecule has 0 aliphatic heterocycles. The molecule has 84 valence electrons. The molecule has 1 aromatic rings. The molecule has 15 heavy (non-hydrogen) atoms. The van der Waals surface area contributed by atoms with Crippen molar-refractivity contribution in [3.63, 3.8) is 0 Å². The Kier molecular flexibility index (Phi) is 3.06. The Hall–Kier alpha value is -1.46. The molecule has 0 saturated heterocycles. The van der Waals surface area contributed by atoms with Crippen molar-refractivity contribution in [2.45, 2.75) is 20.0 Å². The number of hydrogen-bond acceptors (Lipinski definition) is 2. The number of carbonyl (C=O) groups is 1. The van der Waals surface area contributed by atoms with Crippen molar-refractivity contribution >= 4 is 5.91 Å². The molecule has 1 amide bonds. The van der Waals surface area contributed by atoms with Gasteiger partial charge in [-0.1, -0.05) is 0 Å². The summed E-state index contributed by atoms with van der Waals surface area (Å²) in [6.07, 6.45) is -4.41. The Morgan fingerprint density at radius 3 is 2.47 bits per heavy atom. The molecule has 0 spiro atoms. The summed E-state index contributed by atoms with van der Waals surface area (Å²) in [4.78, 5) is 11.2. The van der Waals surface area contributed by atoms with Crippen molar-refractivity contribution in [3.05, 3.63) is 23.2 Å². The van der Waals surface area contributed by atoms with E-state index in [0.29, 0.717) is 5.76 Å². The van der Waals surface area contributed by atoms with Crippen LogP contribution >= 0.6 is 0 Å². The van der Waals surface area contributed by atoms with Gasteiger partial charge in [0.05, 0.1) is 0 Å². The van der Waals surface area contributed by atoms with Crippen LogP contribution in [0, 0.1) is 13.8 Å². The molecule has 1 rings (SSSR count). The van der Waals surface area contributed by atoms with Gasteiger partial charge in [-0.05, 0) is 25.5 Å². The maximum atomic E-state index is 11.8. The van der Waals surface area contributed by atoms with Crippen LogP contribution in [-0.2, 0) is 0 Å². The zero-order chi connectivity index (χ0) is 11.6. The van der Waals surface area contributed by atoms with E-state index in [4.69, 9.17) is 4.42 Å². The van der Waals surface area contributed by atoms with Crippen molar-refractivity contribution in [1.82, 2.24) is 5.32 Å². The van der Waals surface area contributed by atoms with Crippen LogP contribution in [0.1, 0.15) is 21.9 Å². The number of alkyl halides is 3. The van der Waals surface area contributed by atoms with Crippen LogP contribution in [0.25, 0.3) is 0 Å². The molecule has 1 aromatic heterocycles. The minimum absolute atomic E-state index is 0.103. The number of carbonyl (C=O) groups excluding carboxylic acids is 1. The van der Waals surface area contributed by atoms with Gasteiger partial charge in [0.1, 0.15) is 12.3 Å². The molecule has 0 saturated carbocycles. The third kappa shape index (κ3) is 3.30. The summed E-state index contributed by atoms with van der Waals surface area (Å²) >= 11 is 0. The maximum absolute atomic E-state index is 11.8. The van der Waals surface area contributed by atoms with E-state index in [1.807, 2.05) is 0 Å². The van der Waals surface area contributed by atoms with Crippen LogP contribution in [0.2, 0.25) is 0 Å². The highest BCUT2D eigenvalue weighted by Gasteiger charge is 2.28. The number of furan rings is 1. The molecule has 0 radical (unpaired) electrons. The normalized spacial score (nSPS) is 11.5. The first-order valence-electron chi connectivity index (χ1n) is 4.21. The molecular weight excluding hydrogens is 211 g/mol. The molecule has 6 heteroatoms. The van der Waals surface area contributed by atoms with E-state index < -0.39 is 18.6 Å². The molecule has 1 heterocycles. The minimum atomic E-state index is -4.41. The number of nitrogens with one attached hydrogen (secondary N) is 1. The summed E-state index contributed by atoms with van der Waals surface area (Å²) in [6, 6.07) is 1.40. The van der Waals surface area contributed by atoms with E-state index in [1.165, 1.54) is 6.07 Å². The lowest BCUT2D eigenvalue weighted by atomic mass is 10.3. The number of rotatable bonds is 2. The highest BCUT2D eigenvalue weighted by atomic mass is 19.4. The molecule has 3 nitrogen and oxygen atoms in total. The average Bonchev–Trinajstić information content (AvgIpc) is 2.42. The van der Waals surface area contributed by atoms with Crippen molar-refractivity contribution in [2.75, 3.05) is 6.54 Å². The molecule has 0 aromatic carbocycles. The standard InChI is InChI=1S/C9H10F3NO2/c1-5-3-7(15-6(5)2)8(14)13-4-9(10,11)12/h3H,4H2,1-2H3,(H,13,14). The predicted molar refractivity (Wildman–Crippen MR) is 46.6 cm³/mol. The molecule has 0 aliphatic rings. The molecule has 0 aliphatic carbocycles. The van der Waals surface area contributed by atoms with Gasteiger partial charge >= 0.3 is 6.18 Å². The van der Waals surface area contributed by atoms with Crippen molar-refractivity contribution in [2.24, 2.45) is 0 Å². The van der Waals surface area contributed by atoms with E-state index in [1.54, 1.807) is 19.2 Å². The summed E-state index contributed by atoms with van der Waals surface area (Å²) in [5, 5.41) is 1.72. The van der Waals surface area contributed by atoms with E-state index in [-0.39, 0.29) is 5.76 Å². The maximum Gasteiger partial charge on any atom is 0.405 e. The highest BCUT2D eigenvalue weighted by molar-refractivity contribution is 5.91. The van der Waals surface area contributed by atoms with Crippen molar-refractivity contribution in [1.29, 1.82) is 0 Å². The van der Waals surface area contributed by atoms with Gasteiger partial charge in [0, 0.05) is 0 Å². The van der Waals surface area contributed by atoms with Crippen molar-refractivity contribution < 1.29 is 22.4 Å². The summed E-state index contributed by atoms with van der Waals surface area (Å²) in [7, 11) is 0. The summed E-state index contributed by atoms with van der Waals surface area (Å²) in [6.45, 7) is 1.99. The van der Waals surface area contributed by atoms with E-state index >= 15 is 0 Å². The molecular formula is C9H10F3NO2. The van der Waals surface area contributed by atoms with Gasteiger partial charge in [0.2, 0.25) is 0 Å². The molecule has 1 N–H and O–H groups in total. The van der Waals surface area contributed by atoms with Crippen LogP contribution in [-0.4, -0.2) is 18.6 Å². The SMILES string of the molecule is Cc1cc(C(=O)NCC(F)(F)F)oc1C. The van der Waals surface area contributed by atoms with Crippen LogP contribution in [0.4, 0.5) is 13.2 Å². The number of amides is 1. The van der Waals surface area contributed by atoms with Gasteiger partial charge < -0.3 is 9.73 Å². The van der Waals surface area contributed by atoms with Gasteiger partial charge in [0.15, 0.2) is 5.76 Å². The second-order valence-electron chi connectivity index (χ2n) is 3.15. The summed E-state index contributed by atoms with van der Waals surface area (Å²) < 4.78 is 40.3. The van der Waals surface area contributed by atoms with Gasteiger partial charge in [-0.25, -0.2) is 0 Å². The van der Waals surface area contributed by atoms with E-state index in [9.17, 15) is 18.0 Å². The van der Waals surface area contributed by atoms with Gasteiger partial charge in [-0.3, -0.25) is 4.79 Å². The molecule has 0 atom stereocenters. The van der Waals surface area contributed by atoms with Gasteiger partial charge in [0.25, 0.3) is 5.91 Å². The fourth-order valence-electron chi connectivity index (χ4n) is 0.953. The zero-order valence-electron chi connectivity index (χ0n) is 8.23. The van der Waals surface area contributed by atoms with Crippen LogP contribution in [0.15, 0.2) is 10.5 Å². The van der Waals surface area contributed by atoms with Gasteiger partial charge in [-0.15, -0.1) is 0 Å². The van der Waals surface area contributed by atoms with Gasteiger partial charge in [-0.2, -0.15) is 13.2 Å². The summed E-state index contributed by atoms with van der Waals surface area (Å²) in [5.41, 5.74) is 0.729. The first-order valence-corrected chi connectivity index (χ1v) is 4.21. The smallest absolute Gasteiger partial charge is 0.405 e. The number of hydrogen-bond donors (Lipinski definition) is 1. The largest absolute Gasteiger partial charge is 0.456 e. The lowest BCUT2D eigenvalue weighted by Gasteiger charge is -2.06. The zero-order valence-corrected chi connectivity index (χ0v) is 8.23. The third-order valence-electron chi connectivity index (χ3n) is 1.84. The highest BCUT2D eigenvalue weighted by Crippen LogP contribution is 2.15. The Labute approximate surface area is 84.3 Å². The Morgan fingerprint density at radius 1 is 1.47 bits per heavy atom. The Bertz CT molecular complexity index is 348. The average molecular weight is 221 g/mol. The number of aryl methyl sites for hydroxylation is 2. The van der Waals surface area contributed by atoms with E-state index in [0.717, 1.165) is 5.56 Å². The minimum Gasteiger partial charge on any atom is -0.456 e. The first kappa shape index (κ1) is 11.6. The van der Waals surface area contributed by atoms with Crippen LogP contribution in [0.5, 0.6) is 0 Å². The van der Waals surface area contributed by atoms with Crippen molar-refractivity contribution in [3.8, 4) is 0 Å². The first-order chi connectivity index (χ1) is 6.79. The quantitative estimate of drug-likeness (QED) is 0.831. The summed E-state index contributed by atoms with van der Waals surface area (Å²) in [5.74, 6) is -0.440. The topological polar surface area (TPSA) is 42.2 Å². The van der Waals surface area contributed by atoms with Crippen LogP contribution in [0.3, 0.4) is 0 Å². The Balaban J connectivity index is 2.62. The molecule has 0 bridgehead atoms. The lowest BCUT2D eigenvalue weighted by molar-refractivity contribution is -0.123. The fraction of sp³-hybridized carbons (Fsp3) is 0.444. The second kappa shape index (κ2) is 3.96. The molecule has 0 unspecified atom stereocenters. The fourth-order valence-corrected chi connectivity index (χ4v) is 0.953. The van der Waals surface area contributed by atoms with Crippen LogP contribution < -0.4 is 5.32 Å². The lowest BCUT2D eigenvalue weighted by Crippen LogP contribution is -2.33. The third-order valence-corrected chi connectivity index (χ3v) is 1.84. The molecule has 0 fully saturated rings. The van der Waals surface area contributed by atoms with E-state index in [2.05, 4.69) is 0 Å². The monoisotopic (exact) mass is 221 g/mol.